The maximum Gasteiger partial charge on any atom is 0.240 e. The van der Waals surface area contributed by atoms with Gasteiger partial charge >= 0.3 is 0 Å². The summed E-state index contributed by atoms with van der Waals surface area (Å²) < 4.78 is 0. The highest BCUT2D eigenvalue weighted by Gasteiger charge is 2.35. The van der Waals surface area contributed by atoms with Gasteiger partial charge in [0.25, 0.3) is 0 Å². The SMILES string of the molecule is O=C(C1Cc2nc[nH]c2CN1)N1CCCC1c1ccsc1. The topological polar surface area (TPSA) is 61.0 Å². The Kier molecular flexibility index (Phi) is 3.27. The number of aromatic amines is 1. The van der Waals surface area contributed by atoms with Gasteiger partial charge in [0.15, 0.2) is 0 Å². The molecule has 2 atom stereocenters. The number of thiophene rings is 1. The molecule has 0 aromatic carbocycles. The number of amides is 1. The first-order valence-corrected chi connectivity index (χ1v) is 8.34. The molecular formula is C15H18N4OS. The number of hydrogen-bond donors (Lipinski definition) is 2. The molecule has 0 radical (unpaired) electrons. The summed E-state index contributed by atoms with van der Waals surface area (Å²) in [7, 11) is 0. The third-order valence-corrected chi connectivity index (χ3v) is 5.19. The fraction of sp³-hybridized carbons (Fsp3) is 0.467. The molecule has 6 heteroatoms. The number of hydrogen-bond acceptors (Lipinski definition) is 4. The molecule has 0 bridgehead atoms. The molecule has 2 aromatic heterocycles. The Labute approximate surface area is 127 Å². The van der Waals surface area contributed by atoms with Crippen molar-refractivity contribution in [3.8, 4) is 0 Å². The van der Waals surface area contributed by atoms with Crippen molar-refractivity contribution in [2.24, 2.45) is 0 Å². The normalized spacial score (nSPS) is 25.0. The Balaban J connectivity index is 1.52. The van der Waals surface area contributed by atoms with E-state index in [4.69, 9.17) is 0 Å². The summed E-state index contributed by atoms with van der Waals surface area (Å²) in [6, 6.07) is 2.26. The first-order chi connectivity index (χ1) is 10.3. The highest BCUT2D eigenvalue weighted by molar-refractivity contribution is 7.07. The van der Waals surface area contributed by atoms with Crippen LogP contribution in [0.25, 0.3) is 0 Å². The van der Waals surface area contributed by atoms with Crippen LogP contribution >= 0.6 is 11.3 Å². The molecule has 2 aromatic rings. The van der Waals surface area contributed by atoms with Gasteiger partial charge in [-0.2, -0.15) is 11.3 Å². The first kappa shape index (κ1) is 13.0. The average Bonchev–Trinajstić information content (AvgIpc) is 3.24. The van der Waals surface area contributed by atoms with Crippen LogP contribution in [-0.2, 0) is 17.8 Å². The molecule has 4 heterocycles. The number of carbonyl (C=O) groups is 1. The summed E-state index contributed by atoms with van der Waals surface area (Å²) >= 11 is 1.70. The van der Waals surface area contributed by atoms with Crippen LogP contribution in [0.1, 0.15) is 35.8 Å². The predicted octanol–water partition coefficient (Wildman–Crippen LogP) is 1.85. The van der Waals surface area contributed by atoms with E-state index in [0.717, 1.165) is 30.8 Å². The zero-order valence-electron chi connectivity index (χ0n) is 11.7. The van der Waals surface area contributed by atoms with Crippen LogP contribution in [0.2, 0.25) is 0 Å². The lowest BCUT2D eigenvalue weighted by Gasteiger charge is -2.30. The van der Waals surface area contributed by atoms with E-state index in [2.05, 4.69) is 37.0 Å². The van der Waals surface area contributed by atoms with Gasteiger partial charge in [0.2, 0.25) is 5.91 Å². The number of likely N-dealkylation sites (tertiary alicyclic amines) is 1. The number of nitrogens with one attached hydrogen (secondary N) is 2. The van der Waals surface area contributed by atoms with Gasteiger partial charge in [0.05, 0.1) is 29.8 Å². The number of nitrogens with zero attached hydrogens (tertiary/aromatic N) is 2. The van der Waals surface area contributed by atoms with Gasteiger partial charge in [0, 0.05) is 19.5 Å². The summed E-state index contributed by atoms with van der Waals surface area (Å²) in [6.45, 7) is 1.56. The number of H-pyrrole nitrogens is 1. The second-order valence-corrected chi connectivity index (χ2v) is 6.49. The summed E-state index contributed by atoms with van der Waals surface area (Å²) in [5, 5.41) is 7.60. The Bertz CT molecular complexity index is 636. The molecule has 1 saturated heterocycles. The number of aromatic nitrogens is 2. The molecule has 5 nitrogen and oxygen atoms in total. The van der Waals surface area contributed by atoms with Crippen LogP contribution in [0.3, 0.4) is 0 Å². The van der Waals surface area contributed by atoms with Gasteiger partial charge in [-0.1, -0.05) is 0 Å². The van der Waals surface area contributed by atoms with Crippen LogP contribution in [0.4, 0.5) is 0 Å². The maximum absolute atomic E-state index is 12.9. The van der Waals surface area contributed by atoms with Crippen molar-refractivity contribution in [1.82, 2.24) is 20.2 Å². The van der Waals surface area contributed by atoms with Crippen molar-refractivity contribution >= 4 is 17.2 Å². The standard InChI is InChI=1S/C15H18N4OS/c20-15(12-6-11-13(7-16-12)18-9-17-11)19-4-1-2-14(19)10-3-5-21-8-10/h3,5,8-9,12,14,16H,1-2,4,6-7H2,(H,17,18). The van der Waals surface area contributed by atoms with Gasteiger partial charge in [0.1, 0.15) is 0 Å². The van der Waals surface area contributed by atoms with Gasteiger partial charge < -0.3 is 9.88 Å². The lowest BCUT2D eigenvalue weighted by atomic mass is 10.0. The van der Waals surface area contributed by atoms with Crippen molar-refractivity contribution in [3.63, 3.8) is 0 Å². The third-order valence-electron chi connectivity index (χ3n) is 4.49. The third kappa shape index (κ3) is 2.28. The number of fused-ring (bicyclic) bond motifs is 1. The van der Waals surface area contributed by atoms with Crippen LogP contribution in [-0.4, -0.2) is 33.4 Å². The Hall–Kier alpha value is -1.66. The van der Waals surface area contributed by atoms with Gasteiger partial charge in [-0.25, -0.2) is 4.98 Å². The van der Waals surface area contributed by atoms with E-state index in [9.17, 15) is 4.79 Å². The first-order valence-electron chi connectivity index (χ1n) is 7.40. The zero-order chi connectivity index (χ0) is 14.2. The molecule has 2 aliphatic heterocycles. The average molecular weight is 302 g/mol. The van der Waals surface area contributed by atoms with Crippen LogP contribution in [0.15, 0.2) is 23.2 Å². The summed E-state index contributed by atoms with van der Waals surface area (Å²) in [5.41, 5.74) is 3.41. The molecule has 2 N–H and O–H groups in total. The fourth-order valence-electron chi connectivity index (χ4n) is 3.39. The van der Waals surface area contributed by atoms with Crippen molar-refractivity contribution in [3.05, 3.63) is 40.1 Å². The quantitative estimate of drug-likeness (QED) is 0.890. The minimum Gasteiger partial charge on any atom is -0.347 e. The number of carbonyl (C=O) groups excluding carboxylic acids is 1. The Morgan fingerprint density at radius 2 is 2.43 bits per heavy atom. The molecule has 110 valence electrons. The second kappa shape index (κ2) is 5.27. The largest absolute Gasteiger partial charge is 0.347 e. The van der Waals surface area contributed by atoms with E-state index in [-0.39, 0.29) is 18.0 Å². The molecule has 1 amide bonds. The molecule has 0 spiro atoms. The van der Waals surface area contributed by atoms with Gasteiger partial charge in [-0.15, -0.1) is 0 Å². The van der Waals surface area contributed by atoms with Crippen LogP contribution in [0.5, 0.6) is 0 Å². The Morgan fingerprint density at radius 1 is 1.48 bits per heavy atom. The number of rotatable bonds is 2. The predicted molar refractivity (Wildman–Crippen MR) is 80.9 cm³/mol. The molecule has 2 unspecified atom stereocenters. The minimum atomic E-state index is -0.139. The van der Waals surface area contributed by atoms with E-state index in [1.54, 1.807) is 17.7 Å². The minimum absolute atomic E-state index is 0.139. The van der Waals surface area contributed by atoms with E-state index in [1.165, 1.54) is 5.56 Å². The molecule has 0 saturated carbocycles. The summed E-state index contributed by atoms with van der Waals surface area (Å²) in [4.78, 5) is 22.4. The molecule has 21 heavy (non-hydrogen) atoms. The van der Waals surface area contributed by atoms with Crippen molar-refractivity contribution < 1.29 is 4.79 Å². The lowest BCUT2D eigenvalue weighted by molar-refractivity contribution is -0.134. The molecule has 1 fully saturated rings. The smallest absolute Gasteiger partial charge is 0.240 e. The van der Waals surface area contributed by atoms with Gasteiger partial charge in [-0.05, 0) is 35.2 Å². The van der Waals surface area contributed by atoms with Gasteiger partial charge in [-0.3, -0.25) is 10.1 Å². The molecule has 2 aliphatic rings. The monoisotopic (exact) mass is 302 g/mol. The maximum atomic E-state index is 12.9. The van der Waals surface area contributed by atoms with Crippen molar-refractivity contribution in [1.29, 1.82) is 0 Å². The van der Waals surface area contributed by atoms with E-state index in [1.807, 2.05) is 0 Å². The molecular weight excluding hydrogens is 284 g/mol. The van der Waals surface area contributed by atoms with Crippen LogP contribution in [0, 0.1) is 0 Å². The molecule has 4 rings (SSSR count). The fourth-order valence-corrected chi connectivity index (χ4v) is 4.09. The lowest BCUT2D eigenvalue weighted by Crippen LogP contribution is -2.49. The zero-order valence-corrected chi connectivity index (χ0v) is 12.5. The highest BCUT2D eigenvalue weighted by atomic mass is 32.1. The molecule has 0 aliphatic carbocycles. The van der Waals surface area contributed by atoms with Crippen molar-refractivity contribution in [2.75, 3.05) is 6.54 Å². The van der Waals surface area contributed by atoms with E-state index >= 15 is 0 Å². The Morgan fingerprint density at radius 3 is 3.29 bits per heavy atom. The highest BCUT2D eigenvalue weighted by Crippen LogP contribution is 2.34. The summed E-state index contributed by atoms with van der Waals surface area (Å²) in [6.07, 6.45) is 4.56. The second-order valence-electron chi connectivity index (χ2n) is 5.71. The van der Waals surface area contributed by atoms with Crippen LogP contribution < -0.4 is 5.32 Å². The summed E-state index contributed by atoms with van der Waals surface area (Å²) in [5.74, 6) is 0.220. The van der Waals surface area contributed by atoms with Crippen molar-refractivity contribution in [2.45, 2.75) is 37.9 Å². The van der Waals surface area contributed by atoms with E-state index < -0.39 is 0 Å². The number of imidazole rings is 1. The van der Waals surface area contributed by atoms with E-state index in [0.29, 0.717) is 13.0 Å².